The zero-order chi connectivity index (χ0) is 15.2. The van der Waals surface area contributed by atoms with Crippen LogP contribution in [0.3, 0.4) is 0 Å². The zero-order valence-corrected chi connectivity index (χ0v) is 15.1. The summed E-state index contributed by atoms with van der Waals surface area (Å²) in [6, 6.07) is 0.815. The van der Waals surface area contributed by atoms with Crippen LogP contribution in [0.5, 0.6) is 0 Å². The number of hydrogen-bond acceptors (Lipinski definition) is 1. The fraction of sp³-hybridized carbons (Fsp3) is 1.00. The molecule has 0 N–H and O–H groups in total. The van der Waals surface area contributed by atoms with Crippen LogP contribution in [0.2, 0.25) is 0 Å². The second-order valence-electron chi connectivity index (χ2n) is 6.97. The smallest absolute Gasteiger partial charge is 0.00891 e. The van der Waals surface area contributed by atoms with Crippen molar-refractivity contribution < 1.29 is 0 Å². The van der Waals surface area contributed by atoms with Crippen LogP contribution in [-0.4, -0.2) is 25.0 Å². The fourth-order valence-corrected chi connectivity index (χ4v) is 2.90. The topological polar surface area (TPSA) is 3.24 Å². The molecule has 0 aromatic carbocycles. The molecule has 20 heavy (non-hydrogen) atoms. The molecule has 122 valence electrons. The molecule has 0 bridgehead atoms. The summed E-state index contributed by atoms with van der Waals surface area (Å²) >= 11 is 0. The summed E-state index contributed by atoms with van der Waals surface area (Å²) in [4.78, 5) is 2.45. The highest BCUT2D eigenvalue weighted by molar-refractivity contribution is 4.67. The summed E-state index contributed by atoms with van der Waals surface area (Å²) in [5, 5.41) is 0. The lowest BCUT2D eigenvalue weighted by Crippen LogP contribution is -2.27. The van der Waals surface area contributed by atoms with Crippen LogP contribution in [0.4, 0.5) is 0 Å². The number of rotatable bonds is 14. The van der Waals surface area contributed by atoms with Crippen LogP contribution >= 0.6 is 0 Å². The van der Waals surface area contributed by atoms with Crippen LogP contribution in [-0.2, 0) is 0 Å². The Morgan fingerprint density at radius 3 is 1.80 bits per heavy atom. The van der Waals surface area contributed by atoms with Crippen molar-refractivity contribution in [1.82, 2.24) is 4.90 Å². The molecule has 0 aliphatic carbocycles. The van der Waals surface area contributed by atoms with Crippen molar-refractivity contribution in [3.63, 3.8) is 0 Å². The molecule has 0 radical (unpaired) electrons. The highest BCUT2D eigenvalue weighted by atomic mass is 15.1. The Bertz CT molecular complexity index is 188. The van der Waals surface area contributed by atoms with E-state index in [1.54, 1.807) is 0 Å². The molecule has 0 saturated heterocycles. The molecule has 0 aromatic heterocycles. The Morgan fingerprint density at radius 1 is 0.700 bits per heavy atom. The first-order valence-electron chi connectivity index (χ1n) is 9.28. The van der Waals surface area contributed by atoms with Crippen LogP contribution in [0.25, 0.3) is 0 Å². The van der Waals surface area contributed by atoms with Crippen molar-refractivity contribution in [1.29, 1.82) is 0 Å². The van der Waals surface area contributed by atoms with Crippen molar-refractivity contribution in [2.75, 3.05) is 14.1 Å². The van der Waals surface area contributed by atoms with Gasteiger partial charge in [-0.1, -0.05) is 85.0 Å². The largest absolute Gasteiger partial charge is 0.306 e. The Hall–Kier alpha value is -0.0400. The van der Waals surface area contributed by atoms with Gasteiger partial charge in [-0.2, -0.15) is 0 Å². The molecular formula is C19H41N. The predicted molar refractivity (Wildman–Crippen MR) is 93.4 cm³/mol. The molecule has 0 spiro atoms. The molecule has 0 amide bonds. The molecule has 2 atom stereocenters. The molecule has 0 aliphatic rings. The molecule has 2 unspecified atom stereocenters. The minimum absolute atomic E-state index is 0.815. The molecular weight excluding hydrogens is 242 g/mol. The maximum atomic E-state index is 2.45. The van der Waals surface area contributed by atoms with Gasteiger partial charge in [0.2, 0.25) is 0 Å². The van der Waals surface area contributed by atoms with E-state index in [1.807, 2.05) is 0 Å². The minimum atomic E-state index is 0.815. The van der Waals surface area contributed by atoms with E-state index >= 15 is 0 Å². The zero-order valence-electron chi connectivity index (χ0n) is 15.1. The minimum Gasteiger partial charge on any atom is -0.306 e. The predicted octanol–water partition coefficient (Wildman–Crippen LogP) is 6.27. The SMILES string of the molecule is CCCCCCCCCC(CCCC(C)CC)N(C)C. The fourth-order valence-electron chi connectivity index (χ4n) is 2.90. The van der Waals surface area contributed by atoms with Gasteiger partial charge in [0.25, 0.3) is 0 Å². The van der Waals surface area contributed by atoms with E-state index in [1.165, 1.54) is 77.0 Å². The molecule has 0 aliphatic heterocycles. The van der Waals surface area contributed by atoms with Gasteiger partial charge in [-0.15, -0.1) is 0 Å². The summed E-state index contributed by atoms with van der Waals surface area (Å²) in [5.41, 5.74) is 0. The van der Waals surface area contributed by atoms with Gasteiger partial charge >= 0.3 is 0 Å². The quantitative estimate of drug-likeness (QED) is 0.339. The van der Waals surface area contributed by atoms with Crippen molar-refractivity contribution in [3.8, 4) is 0 Å². The molecule has 0 aromatic rings. The monoisotopic (exact) mass is 283 g/mol. The highest BCUT2D eigenvalue weighted by Gasteiger charge is 2.11. The van der Waals surface area contributed by atoms with Gasteiger partial charge in [-0.25, -0.2) is 0 Å². The normalized spacial score (nSPS) is 14.7. The van der Waals surface area contributed by atoms with Gasteiger partial charge in [0.15, 0.2) is 0 Å². The van der Waals surface area contributed by atoms with E-state index in [4.69, 9.17) is 0 Å². The third-order valence-corrected chi connectivity index (χ3v) is 4.80. The Kier molecular flexibility index (Phi) is 13.9. The highest BCUT2D eigenvalue weighted by Crippen LogP contribution is 2.18. The van der Waals surface area contributed by atoms with E-state index in [2.05, 4.69) is 39.8 Å². The molecule has 1 nitrogen and oxygen atoms in total. The maximum Gasteiger partial charge on any atom is 0.00891 e. The average Bonchev–Trinajstić information content (AvgIpc) is 2.43. The van der Waals surface area contributed by atoms with Gasteiger partial charge < -0.3 is 4.90 Å². The van der Waals surface area contributed by atoms with Gasteiger partial charge in [0.1, 0.15) is 0 Å². The first kappa shape index (κ1) is 20.0. The van der Waals surface area contributed by atoms with Crippen LogP contribution in [0.1, 0.15) is 97.8 Å². The summed E-state index contributed by atoms with van der Waals surface area (Å²) in [7, 11) is 4.52. The third-order valence-electron chi connectivity index (χ3n) is 4.80. The van der Waals surface area contributed by atoms with Crippen LogP contribution < -0.4 is 0 Å². The Labute approximate surface area is 129 Å². The van der Waals surface area contributed by atoms with E-state index in [0.29, 0.717) is 0 Å². The molecule has 1 heteroatoms. The molecule has 0 fully saturated rings. The van der Waals surface area contributed by atoms with Gasteiger partial charge in [-0.05, 0) is 32.9 Å². The lowest BCUT2D eigenvalue weighted by Gasteiger charge is -2.25. The number of nitrogens with zero attached hydrogens (tertiary/aromatic N) is 1. The van der Waals surface area contributed by atoms with Gasteiger partial charge in [0, 0.05) is 6.04 Å². The average molecular weight is 284 g/mol. The molecule has 0 rings (SSSR count). The van der Waals surface area contributed by atoms with Crippen molar-refractivity contribution in [2.45, 2.75) is 104 Å². The standard InChI is InChI=1S/C19H41N/c1-6-8-9-10-11-12-13-16-19(20(4)5)17-14-15-18(3)7-2/h18-19H,6-17H2,1-5H3. The second kappa shape index (κ2) is 13.9. The first-order valence-corrected chi connectivity index (χ1v) is 9.28. The van der Waals surface area contributed by atoms with E-state index in [9.17, 15) is 0 Å². The maximum absolute atomic E-state index is 2.45. The van der Waals surface area contributed by atoms with Crippen LogP contribution in [0.15, 0.2) is 0 Å². The number of hydrogen-bond donors (Lipinski definition) is 0. The summed E-state index contributed by atoms with van der Waals surface area (Å²) < 4.78 is 0. The third kappa shape index (κ3) is 11.8. The van der Waals surface area contributed by atoms with E-state index in [0.717, 1.165) is 12.0 Å². The van der Waals surface area contributed by atoms with Gasteiger partial charge in [-0.3, -0.25) is 0 Å². The van der Waals surface area contributed by atoms with E-state index in [-0.39, 0.29) is 0 Å². The molecule has 0 heterocycles. The van der Waals surface area contributed by atoms with Crippen molar-refractivity contribution in [3.05, 3.63) is 0 Å². The number of unbranched alkanes of at least 4 members (excludes halogenated alkanes) is 6. The van der Waals surface area contributed by atoms with Crippen LogP contribution in [0, 0.1) is 5.92 Å². The van der Waals surface area contributed by atoms with Gasteiger partial charge in [0.05, 0.1) is 0 Å². The summed E-state index contributed by atoms with van der Waals surface area (Å²) in [6.45, 7) is 6.99. The van der Waals surface area contributed by atoms with Crippen molar-refractivity contribution in [2.24, 2.45) is 5.92 Å². The summed E-state index contributed by atoms with van der Waals surface area (Å²) in [6.07, 6.45) is 17.0. The summed E-state index contributed by atoms with van der Waals surface area (Å²) in [5.74, 6) is 0.913. The Morgan fingerprint density at radius 2 is 1.25 bits per heavy atom. The Balaban J connectivity index is 3.59. The molecule has 0 saturated carbocycles. The first-order chi connectivity index (χ1) is 9.61. The van der Waals surface area contributed by atoms with E-state index < -0.39 is 0 Å². The second-order valence-corrected chi connectivity index (χ2v) is 6.97. The lowest BCUT2D eigenvalue weighted by molar-refractivity contribution is 0.248. The lowest BCUT2D eigenvalue weighted by atomic mass is 9.96. The van der Waals surface area contributed by atoms with Crippen molar-refractivity contribution >= 4 is 0 Å².